The molecule has 0 fully saturated rings. The Morgan fingerprint density at radius 2 is 1.68 bits per heavy atom. The third-order valence-corrected chi connectivity index (χ3v) is 8.74. The van der Waals surface area contributed by atoms with Gasteiger partial charge in [-0.25, -0.2) is 21.9 Å². The van der Waals surface area contributed by atoms with Crippen molar-refractivity contribution in [3.8, 4) is 11.5 Å². The van der Waals surface area contributed by atoms with Crippen LogP contribution in [0.2, 0.25) is 0 Å². The van der Waals surface area contributed by atoms with Crippen LogP contribution in [0.1, 0.15) is 20.8 Å². The van der Waals surface area contributed by atoms with E-state index in [1.807, 2.05) is 0 Å². The normalized spacial score (nSPS) is 13.7. The van der Waals surface area contributed by atoms with Gasteiger partial charge in [-0.3, -0.25) is 4.55 Å². The molecule has 0 aliphatic rings. The third kappa shape index (κ3) is 6.57. The van der Waals surface area contributed by atoms with Crippen molar-refractivity contribution in [2.45, 2.75) is 36.1 Å². The van der Waals surface area contributed by atoms with Crippen molar-refractivity contribution in [1.82, 2.24) is 9.84 Å². The van der Waals surface area contributed by atoms with E-state index in [1.54, 1.807) is 0 Å². The van der Waals surface area contributed by atoms with Crippen LogP contribution in [0.3, 0.4) is 0 Å². The lowest BCUT2D eigenvalue weighted by Crippen LogP contribution is -2.45. The number of nitrogens with one attached hydrogen (secondary N) is 1. The van der Waals surface area contributed by atoms with E-state index >= 15 is 0 Å². The van der Waals surface area contributed by atoms with Gasteiger partial charge >= 0.3 is 10.3 Å². The molecular weight excluding hydrogens is 586 g/mol. The first kappa shape index (κ1) is 31.3. The molecule has 1 atom stereocenters. The average Bonchev–Trinajstić information content (AvgIpc) is 2.81. The van der Waals surface area contributed by atoms with Crippen LogP contribution in [-0.2, 0) is 31.4 Å². The molecule has 0 bridgehead atoms. The summed E-state index contributed by atoms with van der Waals surface area (Å²) in [6, 6.07) is 9.07. The zero-order valence-electron chi connectivity index (χ0n) is 22.3. The summed E-state index contributed by atoms with van der Waals surface area (Å²) in [5.41, 5.74) is -1.78. The summed E-state index contributed by atoms with van der Waals surface area (Å²) in [5.74, 6) is -0.514. The van der Waals surface area contributed by atoms with Crippen LogP contribution in [0.5, 0.6) is 11.5 Å². The summed E-state index contributed by atoms with van der Waals surface area (Å²) in [6.45, 7) is 4.42. The second kappa shape index (κ2) is 11.4. The molecule has 0 aliphatic carbocycles. The van der Waals surface area contributed by atoms with E-state index in [0.29, 0.717) is 4.31 Å². The number of sulfonamides is 1. The number of aromatic hydroxyl groups is 1. The molecule has 3 rings (SSSR count). The molecule has 40 heavy (non-hydrogen) atoms. The van der Waals surface area contributed by atoms with Crippen LogP contribution in [-0.4, -0.2) is 67.0 Å². The number of nitrogens with zero attached hydrogens (tertiary/aromatic N) is 4. The van der Waals surface area contributed by atoms with Gasteiger partial charge in [-0.15, -0.1) is 9.95 Å². The summed E-state index contributed by atoms with van der Waals surface area (Å²) in [5, 5.41) is 20.4. The lowest BCUT2D eigenvalue weighted by molar-refractivity contribution is 0.364. The zero-order chi connectivity index (χ0) is 30.2. The van der Waals surface area contributed by atoms with E-state index in [2.05, 4.69) is 15.1 Å². The van der Waals surface area contributed by atoms with E-state index in [-0.39, 0.29) is 37.7 Å². The molecule has 17 heteroatoms. The molecule has 3 aromatic rings. The molecule has 0 heterocycles. The van der Waals surface area contributed by atoms with Gasteiger partial charge in [0.05, 0.1) is 29.1 Å². The molecule has 14 nitrogen and oxygen atoms in total. The Hall–Kier alpha value is -3.19. The lowest BCUT2D eigenvalue weighted by atomic mass is 10.0. The van der Waals surface area contributed by atoms with Gasteiger partial charge in [0.15, 0.2) is 11.1 Å². The maximum Gasteiger partial charge on any atom is 0.360 e. The quantitative estimate of drug-likeness (QED) is 0.119. The van der Waals surface area contributed by atoms with Gasteiger partial charge < -0.3 is 14.4 Å². The second-order valence-corrected chi connectivity index (χ2v) is 13.5. The Morgan fingerprint density at radius 3 is 2.20 bits per heavy atom. The Labute approximate surface area is 234 Å². The number of benzene rings is 3. The van der Waals surface area contributed by atoms with Crippen LogP contribution in [0, 0.1) is 0 Å². The van der Waals surface area contributed by atoms with Gasteiger partial charge in [0.25, 0.3) is 10.0 Å². The highest BCUT2D eigenvalue weighted by Gasteiger charge is 2.35. The topological polar surface area (TPSA) is 198 Å². The fourth-order valence-corrected chi connectivity index (χ4v) is 6.90. The number of phenolic OH excluding ortho intramolecular Hbond substituents is 1. The van der Waals surface area contributed by atoms with Crippen LogP contribution in [0.15, 0.2) is 62.5 Å². The summed E-state index contributed by atoms with van der Waals surface area (Å²) < 4.78 is 88.2. The van der Waals surface area contributed by atoms with E-state index < -0.39 is 48.4 Å². The first-order chi connectivity index (χ1) is 18.4. The maximum absolute atomic E-state index is 13.2. The minimum atomic E-state index is -4.94. The number of hydrazine groups is 1. The van der Waals surface area contributed by atoms with Crippen LogP contribution >= 0.6 is 0 Å². The first-order valence-electron chi connectivity index (χ1n) is 11.4. The van der Waals surface area contributed by atoms with Crippen LogP contribution < -0.4 is 13.9 Å². The van der Waals surface area contributed by atoms with Crippen molar-refractivity contribution in [2.75, 3.05) is 25.5 Å². The van der Waals surface area contributed by atoms with Crippen molar-refractivity contribution in [3.05, 3.63) is 42.5 Å². The number of ether oxygens (including phenoxy) is 1. The SMILES string of the molecule is COc1ccc(N=Nc2cc(N(C(C)(C)C)S(=O)(=O)O)c(O)c3cccc(S(=O)(=O)NN(C)C)c23)cc1S(=O)O. The molecule has 0 aromatic heterocycles. The summed E-state index contributed by atoms with van der Waals surface area (Å²) in [6.07, 6.45) is 0. The van der Waals surface area contributed by atoms with Crippen molar-refractivity contribution in [3.63, 3.8) is 0 Å². The highest BCUT2D eigenvalue weighted by atomic mass is 32.2. The molecular formula is C23H29N5O9S3. The molecule has 0 saturated heterocycles. The number of methoxy groups -OCH3 is 1. The Bertz CT molecular complexity index is 1720. The van der Waals surface area contributed by atoms with Crippen molar-refractivity contribution >= 4 is 59.2 Å². The maximum atomic E-state index is 13.2. The summed E-state index contributed by atoms with van der Waals surface area (Å²) in [7, 11) is -4.94. The number of fused-ring (bicyclic) bond motifs is 1. The van der Waals surface area contributed by atoms with E-state index in [4.69, 9.17) is 4.74 Å². The number of azo groups is 1. The number of hydrogen-bond donors (Lipinski definition) is 4. The molecule has 3 aromatic carbocycles. The standard InChI is InChI=1S/C23H29N5O9S3/c1-23(2,3)28(40(34,35)36)17-13-16(25-24-14-10-11-18(37-6)19(12-14)38(30)31)21-15(22(17)29)8-7-9-20(21)39(32,33)26-27(4)5/h7-13,26,29H,1-6H3,(H,30,31)(H,34,35,36). The average molecular weight is 616 g/mol. The number of phenols is 1. The van der Waals surface area contributed by atoms with Gasteiger partial charge in [0.1, 0.15) is 16.4 Å². The van der Waals surface area contributed by atoms with E-state index in [0.717, 1.165) is 6.07 Å². The fourth-order valence-electron chi connectivity index (χ4n) is 3.96. The van der Waals surface area contributed by atoms with Gasteiger partial charge in [-0.1, -0.05) is 12.1 Å². The first-order valence-corrected chi connectivity index (χ1v) is 15.3. The van der Waals surface area contributed by atoms with Crippen LogP contribution in [0.25, 0.3) is 10.8 Å². The molecule has 0 saturated carbocycles. The minimum Gasteiger partial charge on any atom is -0.505 e. The molecule has 4 N–H and O–H groups in total. The molecule has 218 valence electrons. The summed E-state index contributed by atoms with van der Waals surface area (Å²) >= 11 is -2.43. The smallest absolute Gasteiger partial charge is 0.360 e. The highest BCUT2D eigenvalue weighted by molar-refractivity contribution is 7.89. The minimum absolute atomic E-state index is 0.0789. The predicted molar refractivity (Wildman–Crippen MR) is 150 cm³/mol. The van der Waals surface area contributed by atoms with Crippen molar-refractivity contribution in [1.29, 1.82) is 0 Å². The van der Waals surface area contributed by atoms with Gasteiger partial charge in [-0.2, -0.15) is 13.5 Å². The molecule has 1 unspecified atom stereocenters. The number of rotatable bonds is 9. The van der Waals surface area contributed by atoms with Crippen molar-refractivity contribution < 1.29 is 40.0 Å². The monoisotopic (exact) mass is 615 g/mol. The zero-order valence-corrected chi connectivity index (χ0v) is 24.8. The van der Waals surface area contributed by atoms with Gasteiger partial charge in [-0.05, 0) is 51.1 Å². The Morgan fingerprint density at radius 1 is 1.02 bits per heavy atom. The largest absolute Gasteiger partial charge is 0.505 e. The number of hydrogen-bond acceptors (Lipinski definition) is 10. The third-order valence-electron chi connectivity index (χ3n) is 5.31. The number of anilines is 1. The van der Waals surface area contributed by atoms with E-state index in [9.17, 15) is 35.3 Å². The Balaban J connectivity index is 2.44. The van der Waals surface area contributed by atoms with Gasteiger partial charge in [0, 0.05) is 30.4 Å². The lowest BCUT2D eigenvalue weighted by Gasteiger charge is -2.34. The second-order valence-electron chi connectivity index (χ2n) is 9.63. The molecule has 0 aliphatic heterocycles. The Kier molecular flexibility index (Phi) is 8.90. The highest BCUT2D eigenvalue weighted by Crippen LogP contribution is 2.46. The molecule has 0 radical (unpaired) electrons. The molecule has 0 amide bonds. The van der Waals surface area contributed by atoms with Crippen molar-refractivity contribution in [2.24, 2.45) is 10.2 Å². The summed E-state index contributed by atoms with van der Waals surface area (Å²) in [4.78, 5) is 1.89. The van der Waals surface area contributed by atoms with Crippen LogP contribution in [0.4, 0.5) is 17.1 Å². The van der Waals surface area contributed by atoms with Gasteiger partial charge in [0.2, 0.25) is 0 Å². The van der Waals surface area contributed by atoms with E-state index in [1.165, 1.54) is 83.4 Å². The predicted octanol–water partition coefficient (Wildman–Crippen LogP) is 3.71. The molecule has 0 spiro atoms. The fraction of sp³-hybridized carbons (Fsp3) is 0.304.